The first kappa shape index (κ1) is 26.9. The molecule has 2 atom stereocenters. The number of hydrogen-bond donors (Lipinski definition) is 1. The number of methoxy groups -OCH3 is 1. The first-order valence-corrected chi connectivity index (χ1v) is 13.9. The number of carbonyl (C=O) groups is 2. The Bertz CT molecular complexity index is 1290. The molecule has 1 N–H and O–H groups in total. The number of carbonyl (C=O) groups excluding carboxylic acids is 2. The number of piperidine rings is 1. The third-order valence-electron chi connectivity index (χ3n) is 8.61. The Morgan fingerprint density at radius 3 is 2.23 bits per heavy atom. The van der Waals surface area contributed by atoms with Crippen LogP contribution in [0.1, 0.15) is 42.9 Å². The van der Waals surface area contributed by atoms with E-state index in [2.05, 4.69) is 40.5 Å². The first-order valence-electron chi connectivity index (χ1n) is 13.9. The fourth-order valence-electron chi connectivity index (χ4n) is 6.47. The Morgan fingerprint density at radius 1 is 0.949 bits per heavy atom. The lowest BCUT2D eigenvalue weighted by Gasteiger charge is -2.43. The third kappa shape index (κ3) is 5.57. The summed E-state index contributed by atoms with van der Waals surface area (Å²) >= 11 is 0. The van der Waals surface area contributed by atoms with Gasteiger partial charge in [0.05, 0.1) is 18.1 Å². The lowest BCUT2D eigenvalue weighted by Crippen LogP contribution is -2.53. The van der Waals surface area contributed by atoms with Gasteiger partial charge in [-0.3, -0.25) is 9.59 Å². The number of amides is 2. The summed E-state index contributed by atoms with van der Waals surface area (Å²) in [6.07, 6.45) is 2.51. The summed E-state index contributed by atoms with van der Waals surface area (Å²) in [4.78, 5) is 30.6. The molecule has 39 heavy (non-hydrogen) atoms. The van der Waals surface area contributed by atoms with Crippen molar-refractivity contribution in [3.63, 3.8) is 0 Å². The van der Waals surface area contributed by atoms with E-state index in [4.69, 9.17) is 4.74 Å². The highest BCUT2D eigenvalue weighted by molar-refractivity contribution is 5.92. The van der Waals surface area contributed by atoms with Crippen molar-refractivity contribution < 1.29 is 14.3 Å². The molecule has 0 spiro atoms. The molecule has 6 nitrogen and oxygen atoms in total. The van der Waals surface area contributed by atoms with Crippen molar-refractivity contribution in [1.82, 2.24) is 15.1 Å². The fourth-order valence-corrected chi connectivity index (χ4v) is 6.47. The molecule has 1 saturated carbocycles. The van der Waals surface area contributed by atoms with Gasteiger partial charge in [-0.1, -0.05) is 72.8 Å². The van der Waals surface area contributed by atoms with Gasteiger partial charge in [0, 0.05) is 40.2 Å². The maximum atomic E-state index is 14.1. The summed E-state index contributed by atoms with van der Waals surface area (Å²) in [5.74, 6) is 1.16. The van der Waals surface area contributed by atoms with E-state index in [1.165, 1.54) is 0 Å². The van der Waals surface area contributed by atoms with Crippen LogP contribution in [-0.2, 0) is 27.1 Å². The Balaban J connectivity index is 1.33. The highest BCUT2D eigenvalue weighted by Crippen LogP contribution is 2.56. The molecule has 1 aliphatic heterocycles. The molecular weight excluding hydrogens is 486 g/mol. The minimum atomic E-state index is -0.552. The second kappa shape index (κ2) is 11.2. The lowest BCUT2D eigenvalue weighted by atomic mass is 9.80. The van der Waals surface area contributed by atoms with Gasteiger partial charge < -0.3 is 19.9 Å². The number of nitrogens with one attached hydrogen (secondary N) is 1. The van der Waals surface area contributed by atoms with Gasteiger partial charge in [-0.05, 0) is 54.0 Å². The van der Waals surface area contributed by atoms with Crippen molar-refractivity contribution in [2.75, 3.05) is 33.8 Å². The summed E-state index contributed by atoms with van der Waals surface area (Å²) in [7, 11) is 3.58. The molecule has 0 bridgehead atoms. The zero-order valence-electron chi connectivity index (χ0n) is 23.2. The summed E-state index contributed by atoms with van der Waals surface area (Å²) in [6, 6.07) is 28.5. The number of ether oxygens (including phenoxy) is 1. The maximum Gasteiger partial charge on any atom is 0.233 e. The van der Waals surface area contributed by atoms with E-state index in [1.54, 1.807) is 14.0 Å². The van der Waals surface area contributed by atoms with E-state index in [0.717, 1.165) is 61.3 Å². The van der Waals surface area contributed by atoms with Crippen molar-refractivity contribution in [1.29, 1.82) is 0 Å². The van der Waals surface area contributed by atoms with E-state index in [0.29, 0.717) is 6.54 Å². The summed E-state index contributed by atoms with van der Waals surface area (Å²) in [6.45, 7) is 4.77. The third-order valence-corrected chi connectivity index (χ3v) is 8.61. The van der Waals surface area contributed by atoms with Crippen LogP contribution in [0.25, 0.3) is 0 Å². The van der Waals surface area contributed by atoms with Crippen molar-refractivity contribution in [2.24, 2.45) is 5.92 Å². The summed E-state index contributed by atoms with van der Waals surface area (Å²) in [5.41, 5.74) is 2.42. The SMILES string of the molecule is COc1cccc(C2(C(=O)N(C)Cc3ccccc3)CC2CN2CCC(NC(C)=O)(c3ccccc3)CC2)c1. The molecule has 1 saturated heterocycles. The van der Waals surface area contributed by atoms with E-state index < -0.39 is 5.41 Å². The molecular formula is C33H39N3O3. The number of likely N-dealkylation sites (N-methyl/N-ethyl adjacent to an activating group) is 1. The number of likely N-dealkylation sites (tertiary alicyclic amines) is 1. The predicted molar refractivity (Wildman–Crippen MR) is 153 cm³/mol. The molecule has 2 amide bonds. The van der Waals surface area contributed by atoms with Gasteiger partial charge in [0.2, 0.25) is 11.8 Å². The minimum Gasteiger partial charge on any atom is -0.497 e. The van der Waals surface area contributed by atoms with Crippen LogP contribution in [0.3, 0.4) is 0 Å². The number of rotatable bonds is 9. The molecule has 0 radical (unpaired) electrons. The van der Waals surface area contributed by atoms with Crippen LogP contribution in [0.4, 0.5) is 0 Å². The smallest absolute Gasteiger partial charge is 0.233 e. The molecule has 1 aliphatic carbocycles. The average Bonchev–Trinajstić information content (AvgIpc) is 3.69. The number of nitrogens with zero attached hydrogens (tertiary/aromatic N) is 2. The Labute approximate surface area is 232 Å². The van der Waals surface area contributed by atoms with Gasteiger partial charge in [-0.25, -0.2) is 0 Å². The highest BCUT2D eigenvalue weighted by atomic mass is 16.5. The number of hydrogen-bond acceptors (Lipinski definition) is 4. The van der Waals surface area contributed by atoms with Gasteiger partial charge >= 0.3 is 0 Å². The first-order chi connectivity index (χ1) is 18.9. The van der Waals surface area contributed by atoms with Crippen LogP contribution in [0, 0.1) is 5.92 Å². The summed E-state index contributed by atoms with van der Waals surface area (Å²) < 4.78 is 5.53. The molecule has 3 aromatic carbocycles. The molecule has 3 aromatic rings. The molecule has 1 heterocycles. The minimum absolute atomic E-state index is 0.00131. The molecule has 0 aromatic heterocycles. The van der Waals surface area contributed by atoms with Crippen molar-refractivity contribution >= 4 is 11.8 Å². The standard InChI is InChI=1S/C33H39N3O3/c1-25(37)34-32(27-13-8-5-9-14-27)17-19-36(20-18-32)24-29-22-33(29,28-15-10-16-30(21-28)39-3)31(38)35(2)23-26-11-6-4-7-12-26/h4-16,21,29H,17-20,22-24H2,1-3H3,(H,34,37). The lowest BCUT2D eigenvalue weighted by molar-refractivity contribution is -0.133. The van der Waals surface area contributed by atoms with Crippen molar-refractivity contribution in [2.45, 2.75) is 43.7 Å². The Kier molecular flexibility index (Phi) is 7.76. The second-order valence-electron chi connectivity index (χ2n) is 11.2. The van der Waals surface area contributed by atoms with Gasteiger partial charge in [-0.2, -0.15) is 0 Å². The topological polar surface area (TPSA) is 61.9 Å². The zero-order chi connectivity index (χ0) is 27.5. The van der Waals surface area contributed by atoms with Crippen LogP contribution in [0.2, 0.25) is 0 Å². The van der Waals surface area contributed by atoms with Gasteiger partial charge in [0.15, 0.2) is 0 Å². The van der Waals surface area contributed by atoms with E-state index >= 15 is 0 Å². The predicted octanol–water partition coefficient (Wildman–Crippen LogP) is 4.74. The van der Waals surface area contributed by atoms with E-state index in [1.807, 2.05) is 66.5 Å². The summed E-state index contributed by atoms with van der Waals surface area (Å²) in [5, 5.41) is 3.27. The second-order valence-corrected chi connectivity index (χ2v) is 11.2. The zero-order valence-corrected chi connectivity index (χ0v) is 23.2. The Hall–Kier alpha value is -3.64. The monoisotopic (exact) mass is 525 g/mol. The maximum absolute atomic E-state index is 14.1. The number of benzene rings is 3. The van der Waals surface area contributed by atoms with Gasteiger partial charge in [0.1, 0.15) is 5.75 Å². The molecule has 6 heteroatoms. The molecule has 2 aliphatic rings. The van der Waals surface area contributed by atoms with Crippen LogP contribution < -0.4 is 10.1 Å². The molecule has 204 valence electrons. The van der Waals surface area contributed by atoms with Gasteiger partial charge in [0.25, 0.3) is 0 Å². The molecule has 2 fully saturated rings. The van der Waals surface area contributed by atoms with Crippen LogP contribution >= 0.6 is 0 Å². The van der Waals surface area contributed by atoms with Crippen LogP contribution in [0.15, 0.2) is 84.9 Å². The van der Waals surface area contributed by atoms with E-state index in [9.17, 15) is 9.59 Å². The van der Waals surface area contributed by atoms with Crippen LogP contribution in [-0.4, -0.2) is 55.4 Å². The average molecular weight is 526 g/mol. The molecule has 2 unspecified atom stereocenters. The largest absolute Gasteiger partial charge is 0.497 e. The fraction of sp³-hybridized carbons (Fsp3) is 0.394. The van der Waals surface area contributed by atoms with Crippen molar-refractivity contribution in [3.8, 4) is 5.75 Å². The van der Waals surface area contributed by atoms with Crippen molar-refractivity contribution in [3.05, 3.63) is 102 Å². The normalized spacial score (nSPS) is 22.1. The van der Waals surface area contributed by atoms with Crippen LogP contribution in [0.5, 0.6) is 5.75 Å². The Morgan fingerprint density at radius 2 is 1.59 bits per heavy atom. The van der Waals surface area contributed by atoms with E-state index in [-0.39, 0.29) is 23.3 Å². The molecule has 5 rings (SSSR count). The quantitative estimate of drug-likeness (QED) is 0.439. The highest BCUT2D eigenvalue weighted by Gasteiger charge is 2.62. The van der Waals surface area contributed by atoms with Gasteiger partial charge in [-0.15, -0.1) is 0 Å².